The Balaban J connectivity index is 2.35. The normalized spacial score (nSPS) is 29.7. The van der Waals surface area contributed by atoms with E-state index < -0.39 is 0 Å². The molecule has 1 heteroatoms. The smallest absolute Gasteiger partial charge is 0.158 e. The first-order chi connectivity index (χ1) is 9.00. The van der Waals surface area contributed by atoms with Crippen LogP contribution in [0.5, 0.6) is 0 Å². The molecule has 100 valence electrons. The number of ketones is 1. The molecule has 2 unspecified atom stereocenters. The fourth-order valence-electron chi connectivity index (χ4n) is 4.46. The highest BCUT2D eigenvalue weighted by atomic mass is 16.1. The summed E-state index contributed by atoms with van der Waals surface area (Å²) in [6.07, 6.45) is 1.72. The van der Waals surface area contributed by atoms with E-state index in [2.05, 4.69) is 45.0 Å². The minimum atomic E-state index is 0.168. The lowest BCUT2D eigenvalue weighted by Gasteiger charge is -2.43. The second-order valence-electron chi connectivity index (χ2n) is 6.43. The molecule has 0 saturated heterocycles. The van der Waals surface area contributed by atoms with Gasteiger partial charge in [0.05, 0.1) is 0 Å². The molecule has 0 saturated carbocycles. The van der Waals surface area contributed by atoms with Gasteiger partial charge in [-0.05, 0) is 47.5 Å². The van der Waals surface area contributed by atoms with E-state index in [1.807, 2.05) is 6.92 Å². The first-order valence-corrected chi connectivity index (χ1v) is 7.34. The average Bonchev–Trinajstić information content (AvgIpc) is 2.66. The van der Waals surface area contributed by atoms with E-state index in [0.717, 1.165) is 12.0 Å². The zero-order valence-corrected chi connectivity index (χ0v) is 12.3. The van der Waals surface area contributed by atoms with Crippen molar-refractivity contribution in [3.63, 3.8) is 0 Å². The lowest BCUT2D eigenvalue weighted by molar-refractivity contribution is -0.116. The summed E-state index contributed by atoms with van der Waals surface area (Å²) in [6, 6.07) is 8.67. The molecular formula is C18H22O. The molecule has 0 aliphatic heterocycles. The SMILES string of the molecule is CC1=C2c3ccccc3C(C)C2(C(C)C)CCC1=O. The van der Waals surface area contributed by atoms with Crippen molar-refractivity contribution in [2.45, 2.75) is 46.5 Å². The third-order valence-corrected chi connectivity index (χ3v) is 5.52. The fourth-order valence-corrected chi connectivity index (χ4v) is 4.46. The number of carbonyl (C=O) groups is 1. The molecule has 0 amide bonds. The summed E-state index contributed by atoms with van der Waals surface area (Å²) in [5.74, 6) is 1.42. The molecule has 0 radical (unpaired) electrons. The Morgan fingerprint density at radius 3 is 2.63 bits per heavy atom. The van der Waals surface area contributed by atoms with Crippen LogP contribution in [0, 0.1) is 11.3 Å². The number of fused-ring (bicyclic) bond motifs is 3. The molecule has 2 atom stereocenters. The highest BCUT2D eigenvalue weighted by molar-refractivity contribution is 6.06. The Bertz CT molecular complexity index is 579. The zero-order chi connectivity index (χ0) is 13.8. The van der Waals surface area contributed by atoms with Crippen LogP contribution in [-0.2, 0) is 4.79 Å². The van der Waals surface area contributed by atoms with Crippen LogP contribution in [0.15, 0.2) is 29.8 Å². The lowest BCUT2D eigenvalue weighted by atomic mass is 9.60. The first kappa shape index (κ1) is 12.7. The van der Waals surface area contributed by atoms with Gasteiger partial charge in [0.2, 0.25) is 0 Å². The summed E-state index contributed by atoms with van der Waals surface area (Å²) in [5, 5.41) is 0. The van der Waals surface area contributed by atoms with Crippen LogP contribution in [-0.4, -0.2) is 5.78 Å². The van der Waals surface area contributed by atoms with Gasteiger partial charge in [0.25, 0.3) is 0 Å². The molecule has 1 aromatic carbocycles. The molecule has 0 bridgehead atoms. The average molecular weight is 254 g/mol. The molecule has 0 N–H and O–H groups in total. The maximum atomic E-state index is 12.2. The van der Waals surface area contributed by atoms with Crippen LogP contribution >= 0.6 is 0 Å². The van der Waals surface area contributed by atoms with Crippen molar-refractivity contribution in [1.82, 2.24) is 0 Å². The maximum absolute atomic E-state index is 12.2. The van der Waals surface area contributed by atoms with Crippen LogP contribution in [0.3, 0.4) is 0 Å². The van der Waals surface area contributed by atoms with Crippen molar-refractivity contribution in [1.29, 1.82) is 0 Å². The van der Waals surface area contributed by atoms with Crippen LogP contribution in [0.4, 0.5) is 0 Å². The molecule has 2 aliphatic carbocycles. The van der Waals surface area contributed by atoms with Gasteiger partial charge in [-0.3, -0.25) is 4.79 Å². The van der Waals surface area contributed by atoms with Crippen LogP contribution in [0.25, 0.3) is 5.57 Å². The molecule has 1 nitrogen and oxygen atoms in total. The lowest BCUT2D eigenvalue weighted by Crippen LogP contribution is -2.35. The largest absolute Gasteiger partial charge is 0.295 e. The van der Waals surface area contributed by atoms with Crippen molar-refractivity contribution < 1.29 is 4.79 Å². The standard InChI is InChI=1S/C18H22O/c1-11(2)18-10-9-16(19)12(3)17(18)15-8-6-5-7-14(15)13(18)4/h5-8,11,13H,9-10H2,1-4H3. The molecule has 0 spiro atoms. The number of Topliss-reactive ketones (excluding diaryl/α,β-unsaturated/α-hetero) is 1. The Morgan fingerprint density at radius 1 is 1.26 bits per heavy atom. The van der Waals surface area contributed by atoms with E-state index in [0.29, 0.717) is 24.0 Å². The summed E-state index contributed by atoms with van der Waals surface area (Å²) in [5.41, 5.74) is 5.29. The van der Waals surface area contributed by atoms with Crippen molar-refractivity contribution >= 4 is 11.4 Å². The van der Waals surface area contributed by atoms with Crippen molar-refractivity contribution in [3.8, 4) is 0 Å². The van der Waals surface area contributed by atoms with Crippen molar-refractivity contribution in [3.05, 3.63) is 41.0 Å². The minimum absolute atomic E-state index is 0.168. The molecule has 3 rings (SSSR count). The van der Waals surface area contributed by atoms with Gasteiger partial charge in [-0.15, -0.1) is 0 Å². The molecule has 0 aromatic heterocycles. The van der Waals surface area contributed by atoms with Gasteiger partial charge in [0, 0.05) is 11.8 Å². The zero-order valence-electron chi connectivity index (χ0n) is 12.3. The predicted molar refractivity (Wildman–Crippen MR) is 79.0 cm³/mol. The molecule has 0 heterocycles. The number of rotatable bonds is 1. The number of hydrogen-bond donors (Lipinski definition) is 0. The summed E-state index contributed by atoms with van der Waals surface area (Å²) < 4.78 is 0. The summed E-state index contributed by atoms with van der Waals surface area (Å²) >= 11 is 0. The van der Waals surface area contributed by atoms with E-state index in [1.54, 1.807) is 0 Å². The van der Waals surface area contributed by atoms with Crippen LogP contribution in [0.1, 0.15) is 57.6 Å². The van der Waals surface area contributed by atoms with Gasteiger partial charge in [-0.25, -0.2) is 0 Å². The van der Waals surface area contributed by atoms with Crippen molar-refractivity contribution in [2.75, 3.05) is 0 Å². The molecule has 1 aromatic rings. The topological polar surface area (TPSA) is 17.1 Å². The Kier molecular flexibility index (Phi) is 2.70. The van der Waals surface area contributed by atoms with E-state index in [1.165, 1.54) is 16.7 Å². The first-order valence-electron chi connectivity index (χ1n) is 7.34. The Labute approximate surface area is 115 Å². The fraction of sp³-hybridized carbons (Fsp3) is 0.500. The second-order valence-corrected chi connectivity index (χ2v) is 6.43. The third kappa shape index (κ3) is 1.45. The number of allylic oxidation sites excluding steroid dienone is 2. The van der Waals surface area contributed by atoms with E-state index in [-0.39, 0.29) is 5.41 Å². The second kappa shape index (κ2) is 4.06. The van der Waals surface area contributed by atoms with Crippen molar-refractivity contribution in [2.24, 2.45) is 11.3 Å². The van der Waals surface area contributed by atoms with Crippen LogP contribution < -0.4 is 0 Å². The van der Waals surface area contributed by atoms with Gasteiger partial charge in [-0.1, -0.05) is 45.0 Å². The maximum Gasteiger partial charge on any atom is 0.158 e. The molecule has 19 heavy (non-hydrogen) atoms. The number of carbonyl (C=O) groups excluding carboxylic acids is 1. The van der Waals surface area contributed by atoms with Gasteiger partial charge in [0.15, 0.2) is 5.78 Å². The highest BCUT2D eigenvalue weighted by Gasteiger charge is 2.52. The third-order valence-electron chi connectivity index (χ3n) is 5.52. The number of benzene rings is 1. The van der Waals surface area contributed by atoms with Gasteiger partial charge in [0.1, 0.15) is 0 Å². The summed E-state index contributed by atoms with van der Waals surface area (Å²) in [6.45, 7) is 8.99. The quantitative estimate of drug-likeness (QED) is 0.716. The van der Waals surface area contributed by atoms with E-state index >= 15 is 0 Å². The molecule has 0 fully saturated rings. The number of hydrogen-bond acceptors (Lipinski definition) is 1. The highest BCUT2D eigenvalue weighted by Crippen LogP contribution is 2.63. The Hall–Kier alpha value is -1.37. The monoisotopic (exact) mass is 254 g/mol. The predicted octanol–water partition coefficient (Wildman–Crippen LogP) is 4.58. The van der Waals surface area contributed by atoms with Gasteiger partial charge >= 0.3 is 0 Å². The molecular weight excluding hydrogens is 232 g/mol. The summed E-state index contributed by atoms with van der Waals surface area (Å²) in [7, 11) is 0. The van der Waals surface area contributed by atoms with Gasteiger partial charge in [-0.2, -0.15) is 0 Å². The van der Waals surface area contributed by atoms with E-state index in [4.69, 9.17) is 0 Å². The molecule has 2 aliphatic rings. The van der Waals surface area contributed by atoms with Crippen LogP contribution in [0.2, 0.25) is 0 Å². The minimum Gasteiger partial charge on any atom is -0.295 e. The van der Waals surface area contributed by atoms with E-state index in [9.17, 15) is 4.79 Å². The summed E-state index contributed by atoms with van der Waals surface area (Å²) in [4.78, 5) is 12.2. The van der Waals surface area contributed by atoms with Gasteiger partial charge < -0.3 is 0 Å². The Morgan fingerprint density at radius 2 is 1.95 bits per heavy atom.